The topological polar surface area (TPSA) is 135 Å². The Morgan fingerprint density at radius 3 is 2.22 bits per heavy atom. The number of aromatic nitrogens is 6. The Kier molecular flexibility index (Phi) is 7.63. The highest BCUT2D eigenvalue weighted by Crippen LogP contribution is 2.27. The Bertz CT molecular complexity index is 1620. The predicted molar refractivity (Wildman–Crippen MR) is 158 cm³/mol. The normalized spacial score (nSPS) is 13.2. The summed E-state index contributed by atoms with van der Waals surface area (Å²) in [5, 5.41) is 17.7. The van der Waals surface area contributed by atoms with Gasteiger partial charge in [0.15, 0.2) is 22.8 Å². The molecule has 1 saturated heterocycles. The van der Waals surface area contributed by atoms with E-state index in [0.717, 1.165) is 35.7 Å². The molecule has 4 heterocycles. The maximum absolute atomic E-state index is 12.6. The zero-order valence-electron chi connectivity index (χ0n) is 22.6. The summed E-state index contributed by atoms with van der Waals surface area (Å²) >= 11 is 0. The molecule has 41 heavy (non-hydrogen) atoms. The van der Waals surface area contributed by atoms with Gasteiger partial charge in [0.25, 0.3) is 0 Å². The van der Waals surface area contributed by atoms with Crippen LogP contribution in [-0.2, 0) is 17.8 Å². The minimum atomic E-state index is -0.333. The number of morpholine rings is 1. The van der Waals surface area contributed by atoms with Gasteiger partial charge >= 0.3 is 6.03 Å². The van der Waals surface area contributed by atoms with Crippen molar-refractivity contribution in [3.63, 3.8) is 0 Å². The van der Waals surface area contributed by atoms with Crippen LogP contribution in [0, 0.1) is 0 Å². The zero-order chi connectivity index (χ0) is 28.0. The Morgan fingerprint density at radius 2 is 1.54 bits per heavy atom. The third-order valence-electron chi connectivity index (χ3n) is 6.74. The van der Waals surface area contributed by atoms with Gasteiger partial charge in [0.05, 0.1) is 13.2 Å². The number of aryl methyl sites for hydroxylation is 1. The van der Waals surface area contributed by atoms with E-state index in [1.165, 1.54) is 0 Å². The lowest BCUT2D eigenvalue weighted by atomic mass is 10.2. The van der Waals surface area contributed by atoms with Crippen molar-refractivity contribution < 1.29 is 9.53 Å². The summed E-state index contributed by atoms with van der Waals surface area (Å²) in [6.45, 7) is 6.08. The van der Waals surface area contributed by atoms with Crippen LogP contribution in [0.3, 0.4) is 0 Å². The van der Waals surface area contributed by atoms with Crippen molar-refractivity contribution in [3.8, 4) is 11.4 Å². The first-order valence-corrected chi connectivity index (χ1v) is 13.5. The van der Waals surface area contributed by atoms with E-state index >= 15 is 0 Å². The van der Waals surface area contributed by atoms with Gasteiger partial charge in [0, 0.05) is 61.2 Å². The molecule has 2 amide bonds. The van der Waals surface area contributed by atoms with Crippen LogP contribution in [-0.4, -0.2) is 62.3 Å². The SMILES string of the molecule is CCn1nnc2c(N3CCOCC3)nc(-c3ccc(NC(=O)Nc4ccc(NCc5ccncc5)cc4)cc3)nc21. The second-order valence-corrected chi connectivity index (χ2v) is 9.49. The minimum Gasteiger partial charge on any atom is -0.381 e. The first kappa shape index (κ1) is 26.1. The lowest BCUT2D eigenvalue weighted by Crippen LogP contribution is -2.37. The van der Waals surface area contributed by atoms with Crippen molar-refractivity contribution in [2.45, 2.75) is 20.0 Å². The summed E-state index contributed by atoms with van der Waals surface area (Å²) in [5.41, 5.74) is 5.64. The molecule has 0 saturated carbocycles. The number of carbonyl (C=O) groups is 1. The molecule has 3 aromatic heterocycles. The minimum absolute atomic E-state index is 0.333. The van der Waals surface area contributed by atoms with Crippen LogP contribution in [0.4, 0.5) is 27.7 Å². The predicted octanol–water partition coefficient (Wildman–Crippen LogP) is 4.40. The Morgan fingerprint density at radius 1 is 0.878 bits per heavy atom. The maximum atomic E-state index is 12.6. The molecule has 5 aromatic rings. The van der Waals surface area contributed by atoms with Gasteiger partial charge in [-0.25, -0.2) is 19.4 Å². The van der Waals surface area contributed by atoms with Crippen LogP contribution in [0.25, 0.3) is 22.6 Å². The summed E-state index contributed by atoms with van der Waals surface area (Å²) in [6, 6.07) is 18.6. The fourth-order valence-corrected chi connectivity index (χ4v) is 4.55. The molecule has 6 rings (SSSR count). The number of carbonyl (C=O) groups excluding carboxylic acids is 1. The van der Waals surface area contributed by atoms with E-state index in [-0.39, 0.29) is 6.03 Å². The van der Waals surface area contributed by atoms with Crippen molar-refractivity contribution in [2.75, 3.05) is 47.2 Å². The van der Waals surface area contributed by atoms with Crippen LogP contribution in [0.1, 0.15) is 12.5 Å². The van der Waals surface area contributed by atoms with Crippen LogP contribution in [0.2, 0.25) is 0 Å². The van der Waals surface area contributed by atoms with Crippen LogP contribution in [0.5, 0.6) is 0 Å². The van der Waals surface area contributed by atoms with Gasteiger partial charge in [-0.3, -0.25) is 4.98 Å². The number of nitrogens with one attached hydrogen (secondary N) is 3. The smallest absolute Gasteiger partial charge is 0.323 e. The summed E-state index contributed by atoms with van der Waals surface area (Å²) in [5.74, 6) is 1.33. The highest BCUT2D eigenvalue weighted by Gasteiger charge is 2.21. The second-order valence-electron chi connectivity index (χ2n) is 9.49. The molecular formula is C29H30N10O2. The molecule has 1 aliphatic heterocycles. The van der Waals surface area contributed by atoms with Crippen molar-refractivity contribution in [1.29, 1.82) is 0 Å². The van der Waals surface area contributed by atoms with Crippen molar-refractivity contribution in [1.82, 2.24) is 29.9 Å². The van der Waals surface area contributed by atoms with Gasteiger partial charge in [-0.1, -0.05) is 5.21 Å². The number of nitrogens with zero attached hydrogens (tertiary/aromatic N) is 7. The average Bonchev–Trinajstić information content (AvgIpc) is 3.45. The van der Waals surface area contributed by atoms with Gasteiger partial charge in [0.1, 0.15) is 0 Å². The molecule has 0 spiro atoms. The molecular weight excluding hydrogens is 520 g/mol. The largest absolute Gasteiger partial charge is 0.381 e. The number of ether oxygens (including phenoxy) is 1. The van der Waals surface area contributed by atoms with Gasteiger partial charge in [-0.15, -0.1) is 5.10 Å². The van der Waals surface area contributed by atoms with E-state index in [1.54, 1.807) is 17.1 Å². The first-order chi connectivity index (χ1) is 20.2. The fourth-order valence-electron chi connectivity index (χ4n) is 4.55. The number of urea groups is 1. The molecule has 12 nitrogen and oxygen atoms in total. The van der Waals surface area contributed by atoms with Crippen molar-refractivity contribution in [2.24, 2.45) is 0 Å². The molecule has 0 radical (unpaired) electrons. The van der Waals surface area contributed by atoms with Gasteiger partial charge < -0.3 is 25.6 Å². The van der Waals surface area contributed by atoms with E-state index < -0.39 is 0 Å². The van der Waals surface area contributed by atoms with Gasteiger partial charge in [-0.2, -0.15) is 0 Å². The number of fused-ring (bicyclic) bond motifs is 1. The van der Waals surface area contributed by atoms with Crippen molar-refractivity contribution in [3.05, 3.63) is 78.6 Å². The maximum Gasteiger partial charge on any atom is 0.323 e. The molecule has 0 bridgehead atoms. The zero-order valence-corrected chi connectivity index (χ0v) is 22.6. The molecule has 2 aromatic carbocycles. The molecule has 208 valence electrons. The third kappa shape index (κ3) is 6.07. The van der Waals surface area contributed by atoms with Crippen LogP contribution < -0.4 is 20.9 Å². The summed E-state index contributed by atoms with van der Waals surface area (Å²) in [4.78, 5) is 28.5. The summed E-state index contributed by atoms with van der Waals surface area (Å²) in [7, 11) is 0. The van der Waals surface area contributed by atoms with Crippen LogP contribution >= 0.6 is 0 Å². The highest BCUT2D eigenvalue weighted by atomic mass is 16.5. The molecule has 1 fully saturated rings. The number of benzene rings is 2. The second kappa shape index (κ2) is 12.0. The lowest BCUT2D eigenvalue weighted by Gasteiger charge is -2.27. The number of anilines is 4. The van der Waals surface area contributed by atoms with E-state index in [1.807, 2.05) is 67.6 Å². The Balaban J connectivity index is 1.11. The van der Waals surface area contributed by atoms with E-state index in [2.05, 4.69) is 36.1 Å². The van der Waals surface area contributed by atoms with E-state index in [0.29, 0.717) is 54.7 Å². The monoisotopic (exact) mass is 550 g/mol. The van der Waals surface area contributed by atoms with E-state index in [4.69, 9.17) is 14.7 Å². The summed E-state index contributed by atoms with van der Waals surface area (Å²) in [6.07, 6.45) is 3.54. The molecule has 0 unspecified atom stereocenters. The lowest BCUT2D eigenvalue weighted by molar-refractivity contribution is 0.122. The number of amides is 2. The van der Waals surface area contributed by atoms with Gasteiger partial charge in [0.2, 0.25) is 0 Å². The standard InChI is InChI=1S/C29H30N10O2/c1-2-39-28-25(36-37-39)27(38-15-17-41-18-16-38)34-26(35-28)21-3-5-23(6-4-21)32-29(40)33-24-9-7-22(8-10-24)31-19-20-11-13-30-14-12-20/h3-14,31H,2,15-19H2,1H3,(H2,32,33,40). The number of hydrogen-bond donors (Lipinski definition) is 3. The fraction of sp³-hybridized carbons (Fsp3) is 0.241. The number of pyridine rings is 1. The van der Waals surface area contributed by atoms with Gasteiger partial charge in [-0.05, 0) is 73.2 Å². The molecule has 0 atom stereocenters. The number of hydrogen-bond acceptors (Lipinski definition) is 9. The molecule has 0 aliphatic carbocycles. The molecule has 3 N–H and O–H groups in total. The molecule has 12 heteroatoms. The van der Waals surface area contributed by atoms with E-state index in [9.17, 15) is 4.79 Å². The first-order valence-electron chi connectivity index (χ1n) is 13.5. The summed E-state index contributed by atoms with van der Waals surface area (Å²) < 4.78 is 7.29. The highest BCUT2D eigenvalue weighted by molar-refractivity contribution is 6.00. The van der Waals surface area contributed by atoms with Crippen LogP contribution in [0.15, 0.2) is 73.1 Å². The Hall–Kier alpha value is -5.10. The molecule has 1 aliphatic rings. The third-order valence-corrected chi connectivity index (χ3v) is 6.74. The Labute approximate surface area is 236 Å². The average molecular weight is 551 g/mol. The number of rotatable bonds is 8. The van der Waals surface area contributed by atoms with Crippen molar-refractivity contribution >= 4 is 40.1 Å². The quantitative estimate of drug-likeness (QED) is 0.257.